The molecule has 2 heterocycles. The maximum absolute atomic E-state index is 5.87. The maximum atomic E-state index is 5.87. The average Bonchev–Trinajstić information content (AvgIpc) is 2.83. The van der Waals surface area contributed by atoms with E-state index in [1.165, 1.54) is 0 Å². The normalized spacial score (nSPS) is 12.8. The molecule has 0 spiro atoms. The fourth-order valence-electron chi connectivity index (χ4n) is 2.15. The molecule has 90 valence electrons. The third-order valence-corrected chi connectivity index (χ3v) is 2.80. The molecule has 3 aromatic rings. The first-order valence-electron chi connectivity index (χ1n) is 5.37. The molecular weight excluding hydrogens is 238 g/mol. The van der Waals surface area contributed by atoms with E-state index in [9.17, 15) is 0 Å². The first-order valence-corrected chi connectivity index (χ1v) is 5.37. The van der Waals surface area contributed by atoms with Gasteiger partial charge in [-0.25, -0.2) is 0 Å². The molecule has 1 atom stereocenters. The van der Waals surface area contributed by atoms with Crippen molar-refractivity contribution in [3.05, 3.63) is 36.3 Å². The molecular formula is C13H14ClNO2. The van der Waals surface area contributed by atoms with Gasteiger partial charge in [0.1, 0.15) is 11.2 Å². The fraction of sp³-hybridized carbons (Fsp3) is 0.231. The highest BCUT2D eigenvalue weighted by Crippen LogP contribution is 2.30. The highest BCUT2D eigenvalue weighted by atomic mass is 35.5. The molecule has 0 radical (unpaired) electrons. The van der Waals surface area contributed by atoms with Crippen LogP contribution >= 0.6 is 12.4 Å². The largest absolute Gasteiger partial charge is 0.464 e. The van der Waals surface area contributed by atoms with Gasteiger partial charge in [0, 0.05) is 22.4 Å². The van der Waals surface area contributed by atoms with Gasteiger partial charge in [-0.1, -0.05) is 0 Å². The Labute approximate surface area is 105 Å². The van der Waals surface area contributed by atoms with Crippen molar-refractivity contribution in [2.45, 2.75) is 19.4 Å². The summed E-state index contributed by atoms with van der Waals surface area (Å²) in [6.45, 7) is 1.99. The molecule has 0 aliphatic carbocycles. The SMILES string of the molecule is C[C@H](N)Cc1c2ccoc2cc2ccoc12.Cl. The van der Waals surface area contributed by atoms with Crippen molar-refractivity contribution in [2.75, 3.05) is 0 Å². The average molecular weight is 252 g/mol. The molecule has 0 aliphatic heterocycles. The lowest BCUT2D eigenvalue weighted by atomic mass is 10.0. The van der Waals surface area contributed by atoms with Crippen LogP contribution in [0.4, 0.5) is 0 Å². The Kier molecular flexibility index (Phi) is 3.13. The maximum Gasteiger partial charge on any atom is 0.137 e. The Morgan fingerprint density at radius 3 is 2.76 bits per heavy atom. The van der Waals surface area contributed by atoms with E-state index < -0.39 is 0 Å². The lowest BCUT2D eigenvalue weighted by molar-refractivity contribution is 0.605. The molecule has 3 nitrogen and oxygen atoms in total. The van der Waals surface area contributed by atoms with Crippen LogP contribution in [0.5, 0.6) is 0 Å². The zero-order valence-corrected chi connectivity index (χ0v) is 10.3. The molecule has 0 aliphatic rings. The van der Waals surface area contributed by atoms with Crippen molar-refractivity contribution in [1.29, 1.82) is 0 Å². The number of halogens is 1. The Balaban J connectivity index is 0.00000108. The first-order chi connectivity index (χ1) is 7.75. The van der Waals surface area contributed by atoms with E-state index >= 15 is 0 Å². The third kappa shape index (κ3) is 1.92. The van der Waals surface area contributed by atoms with Crippen LogP contribution in [0, 0.1) is 0 Å². The second-order valence-corrected chi connectivity index (χ2v) is 4.21. The summed E-state index contributed by atoms with van der Waals surface area (Å²) in [4.78, 5) is 0. The van der Waals surface area contributed by atoms with Crippen LogP contribution in [0.15, 0.2) is 39.6 Å². The molecule has 0 saturated heterocycles. The van der Waals surface area contributed by atoms with Gasteiger partial charge in [-0.2, -0.15) is 0 Å². The van der Waals surface area contributed by atoms with E-state index in [0.717, 1.165) is 33.9 Å². The van der Waals surface area contributed by atoms with E-state index in [-0.39, 0.29) is 18.4 Å². The Morgan fingerprint density at radius 1 is 1.24 bits per heavy atom. The second-order valence-electron chi connectivity index (χ2n) is 4.21. The minimum atomic E-state index is 0. The number of benzene rings is 1. The quantitative estimate of drug-likeness (QED) is 0.759. The van der Waals surface area contributed by atoms with Crippen LogP contribution < -0.4 is 5.73 Å². The topological polar surface area (TPSA) is 52.3 Å². The summed E-state index contributed by atoms with van der Waals surface area (Å²) in [7, 11) is 0. The van der Waals surface area contributed by atoms with Gasteiger partial charge < -0.3 is 14.6 Å². The van der Waals surface area contributed by atoms with Crippen LogP contribution in [0.3, 0.4) is 0 Å². The summed E-state index contributed by atoms with van der Waals surface area (Å²) < 4.78 is 11.0. The van der Waals surface area contributed by atoms with Crippen molar-refractivity contribution in [1.82, 2.24) is 0 Å². The molecule has 4 heteroatoms. The molecule has 17 heavy (non-hydrogen) atoms. The molecule has 0 unspecified atom stereocenters. The first kappa shape index (κ1) is 12.0. The number of hydrogen-bond acceptors (Lipinski definition) is 3. The standard InChI is InChI=1S/C13H13NO2.ClH/c1-8(14)6-11-10-3-5-15-12(10)7-9-2-4-16-13(9)11;/h2-5,7-8H,6,14H2,1H3;1H/t8-;/m0./s1. The van der Waals surface area contributed by atoms with Crippen molar-refractivity contribution in [2.24, 2.45) is 5.73 Å². The number of hydrogen-bond donors (Lipinski definition) is 1. The smallest absolute Gasteiger partial charge is 0.137 e. The second kappa shape index (κ2) is 4.43. The lowest BCUT2D eigenvalue weighted by Crippen LogP contribution is -2.17. The van der Waals surface area contributed by atoms with Crippen molar-refractivity contribution in [3.8, 4) is 0 Å². The minimum absolute atomic E-state index is 0. The molecule has 2 aromatic heterocycles. The predicted molar refractivity (Wildman–Crippen MR) is 70.6 cm³/mol. The van der Waals surface area contributed by atoms with Crippen LogP contribution in [0.2, 0.25) is 0 Å². The van der Waals surface area contributed by atoms with Gasteiger partial charge in [-0.15, -0.1) is 12.4 Å². The predicted octanol–water partition coefficient (Wildman–Crippen LogP) is 3.49. The van der Waals surface area contributed by atoms with Crippen LogP contribution in [0.25, 0.3) is 21.9 Å². The number of furan rings is 2. The Bertz CT molecular complexity index is 590. The third-order valence-electron chi connectivity index (χ3n) is 2.80. The van der Waals surface area contributed by atoms with Crippen molar-refractivity contribution in [3.63, 3.8) is 0 Å². The summed E-state index contributed by atoms with van der Waals surface area (Å²) in [6, 6.07) is 6.02. The minimum Gasteiger partial charge on any atom is -0.464 e. The molecule has 0 fully saturated rings. The lowest BCUT2D eigenvalue weighted by Gasteiger charge is -2.07. The molecule has 2 N–H and O–H groups in total. The van der Waals surface area contributed by atoms with E-state index in [0.29, 0.717) is 0 Å². The Hall–Kier alpha value is -1.45. The van der Waals surface area contributed by atoms with Crippen LogP contribution in [-0.2, 0) is 6.42 Å². The summed E-state index contributed by atoms with van der Waals surface area (Å²) in [6.07, 6.45) is 4.20. The van der Waals surface area contributed by atoms with Gasteiger partial charge in [0.2, 0.25) is 0 Å². The zero-order chi connectivity index (χ0) is 11.1. The molecule has 0 amide bonds. The zero-order valence-electron chi connectivity index (χ0n) is 9.47. The number of fused-ring (bicyclic) bond motifs is 2. The summed E-state index contributed by atoms with van der Waals surface area (Å²) in [5.74, 6) is 0. The van der Waals surface area contributed by atoms with Gasteiger partial charge in [0.15, 0.2) is 0 Å². The van der Waals surface area contributed by atoms with Gasteiger partial charge in [-0.05, 0) is 31.5 Å². The summed E-state index contributed by atoms with van der Waals surface area (Å²) >= 11 is 0. The van der Waals surface area contributed by atoms with E-state index in [2.05, 4.69) is 0 Å². The van der Waals surface area contributed by atoms with Crippen LogP contribution in [0.1, 0.15) is 12.5 Å². The van der Waals surface area contributed by atoms with Gasteiger partial charge in [-0.3, -0.25) is 0 Å². The van der Waals surface area contributed by atoms with E-state index in [1.54, 1.807) is 12.5 Å². The number of nitrogens with two attached hydrogens (primary N) is 1. The van der Waals surface area contributed by atoms with E-state index in [4.69, 9.17) is 14.6 Å². The van der Waals surface area contributed by atoms with Crippen molar-refractivity contribution >= 4 is 34.3 Å². The Morgan fingerprint density at radius 2 is 2.00 bits per heavy atom. The van der Waals surface area contributed by atoms with E-state index in [1.807, 2.05) is 25.1 Å². The molecule has 0 bridgehead atoms. The fourth-order valence-corrected chi connectivity index (χ4v) is 2.15. The van der Waals surface area contributed by atoms with Crippen LogP contribution in [-0.4, -0.2) is 6.04 Å². The summed E-state index contributed by atoms with van der Waals surface area (Å²) in [5, 5.41) is 2.16. The number of rotatable bonds is 2. The molecule has 0 saturated carbocycles. The molecule has 1 aromatic carbocycles. The van der Waals surface area contributed by atoms with Crippen molar-refractivity contribution < 1.29 is 8.83 Å². The van der Waals surface area contributed by atoms with Gasteiger partial charge >= 0.3 is 0 Å². The highest BCUT2D eigenvalue weighted by molar-refractivity contribution is 5.97. The summed E-state index contributed by atoms with van der Waals surface area (Å²) in [5.41, 5.74) is 8.83. The molecule has 3 rings (SSSR count). The van der Waals surface area contributed by atoms with Gasteiger partial charge in [0.05, 0.1) is 12.5 Å². The highest BCUT2D eigenvalue weighted by Gasteiger charge is 2.13. The van der Waals surface area contributed by atoms with Gasteiger partial charge in [0.25, 0.3) is 0 Å². The monoisotopic (exact) mass is 251 g/mol.